The van der Waals surface area contributed by atoms with E-state index in [0.717, 1.165) is 5.69 Å². The van der Waals surface area contributed by atoms with Crippen LogP contribution in [0.4, 0.5) is 5.69 Å². The molecule has 2 N–H and O–H groups in total. The average molecular weight is 261 g/mol. The SMILES string of the molecule is CC(C)NC(=O)c1cncc(NC2CCCCC2)c1. The van der Waals surface area contributed by atoms with Crippen molar-refractivity contribution in [3.8, 4) is 0 Å². The molecule has 0 atom stereocenters. The minimum Gasteiger partial charge on any atom is -0.381 e. The highest BCUT2D eigenvalue weighted by Gasteiger charge is 2.14. The van der Waals surface area contributed by atoms with E-state index < -0.39 is 0 Å². The molecule has 4 heteroatoms. The third kappa shape index (κ3) is 4.23. The summed E-state index contributed by atoms with van der Waals surface area (Å²) in [7, 11) is 0. The van der Waals surface area contributed by atoms with Crippen LogP contribution < -0.4 is 10.6 Å². The van der Waals surface area contributed by atoms with E-state index in [-0.39, 0.29) is 11.9 Å². The van der Waals surface area contributed by atoms with Crippen LogP contribution in [0.3, 0.4) is 0 Å². The Morgan fingerprint density at radius 1 is 1.26 bits per heavy atom. The maximum atomic E-state index is 11.9. The molecule has 0 spiro atoms. The van der Waals surface area contributed by atoms with Gasteiger partial charge in [-0.15, -0.1) is 0 Å². The summed E-state index contributed by atoms with van der Waals surface area (Å²) in [5, 5.41) is 6.37. The summed E-state index contributed by atoms with van der Waals surface area (Å²) in [5.41, 5.74) is 1.57. The maximum Gasteiger partial charge on any atom is 0.253 e. The fourth-order valence-corrected chi connectivity index (χ4v) is 2.47. The van der Waals surface area contributed by atoms with Gasteiger partial charge in [0.15, 0.2) is 0 Å². The third-order valence-corrected chi connectivity index (χ3v) is 3.40. The topological polar surface area (TPSA) is 54.0 Å². The minimum atomic E-state index is -0.0604. The molecule has 1 aliphatic carbocycles. The first-order chi connectivity index (χ1) is 9.15. The molecule has 104 valence electrons. The molecule has 1 fully saturated rings. The van der Waals surface area contributed by atoms with E-state index in [1.54, 1.807) is 12.4 Å². The van der Waals surface area contributed by atoms with E-state index in [2.05, 4.69) is 15.6 Å². The van der Waals surface area contributed by atoms with Gasteiger partial charge in [-0.05, 0) is 32.8 Å². The van der Waals surface area contributed by atoms with Crippen molar-refractivity contribution in [2.24, 2.45) is 0 Å². The molecule has 1 aromatic rings. The number of anilines is 1. The van der Waals surface area contributed by atoms with Gasteiger partial charge in [0.1, 0.15) is 0 Å². The summed E-state index contributed by atoms with van der Waals surface area (Å²) >= 11 is 0. The zero-order valence-corrected chi connectivity index (χ0v) is 11.8. The molecule has 1 amide bonds. The molecule has 0 bridgehead atoms. The van der Waals surface area contributed by atoms with E-state index in [1.165, 1.54) is 32.1 Å². The number of carbonyl (C=O) groups is 1. The molecule has 2 rings (SSSR count). The summed E-state index contributed by atoms with van der Waals surface area (Å²) in [6.07, 6.45) is 9.75. The van der Waals surface area contributed by atoms with Crippen molar-refractivity contribution >= 4 is 11.6 Å². The molecule has 0 aliphatic heterocycles. The maximum absolute atomic E-state index is 11.9. The van der Waals surface area contributed by atoms with Crippen molar-refractivity contribution in [3.05, 3.63) is 24.0 Å². The fraction of sp³-hybridized carbons (Fsp3) is 0.600. The molecule has 4 nitrogen and oxygen atoms in total. The molecule has 0 aromatic carbocycles. The van der Waals surface area contributed by atoms with Crippen molar-refractivity contribution in [1.82, 2.24) is 10.3 Å². The summed E-state index contributed by atoms with van der Waals surface area (Å²) in [4.78, 5) is 16.1. The van der Waals surface area contributed by atoms with Gasteiger partial charge in [-0.2, -0.15) is 0 Å². The number of pyridine rings is 1. The highest BCUT2D eigenvalue weighted by molar-refractivity contribution is 5.94. The lowest BCUT2D eigenvalue weighted by Crippen LogP contribution is -2.30. The number of hydrogen-bond acceptors (Lipinski definition) is 3. The quantitative estimate of drug-likeness (QED) is 0.876. The predicted molar refractivity (Wildman–Crippen MR) is 77.3 cm³/mol. The number of hydrogen-bond donors (Lipinski definition) is 2. The second-order valence-electron chi connectivity index (χ2n) is 5.57. The number of nitrogens with zero attached hydrogens (tertiary/aromatic N) is 1. The highest BCUT2D eigenvalue weighted by atomic mass is 16.1. The lowest BCUT2D eigenvalue weighted by atomic mass is 9.95. The standard InChI is InChI=1S/C15H23N3O/c1-11(2)17-15(19)12-8-14(10-16-9-12)18-13-6-4-3-5-7-13/h8-11,13,18H,3-7H2,1-2H3,(H,17,19). The van der Waals surface area contributed by atoms with Gasteiger partial charge in [0, 0.05) is 24.5 Å². The lowest BCUT2D eigenvalue weighted by Gasteiger charge is -2.23. The number of amides is 1. The van der Waals surface area contributed by atoms with Crippen LogP contribution in [0.2, 0.25) is 0 Å². The molecule has 0 radical (unpaired) electrons. The summed E-state index contributed by atoms with van der Waals surface area (Å²) in [6, 6.07) is 2.56. The Kier molecular flexibility index (Phi) is 4.77. The second-order valence-corrected chi connectivity index (χ2v) is 5.57. The number of aromatic nitrogens is 1. The molecule has 1 saturated carbocycles. The molecular weight excluding hydrogens is 238 g/mol. The Morgan fingerprint density at radius 2 is 2.00 bits per heavy atom. The van der Waals surface area contributed by atoms with Crippen LogP contribution in [-0.4, -0.2) is 23.0 Å². The van der Waals surface area contributed by atoms with E-state index in [1.807, 2.05) is 19.9 Å². The monoisotopic (exact) mass is 261 g/mol. The predicted octanol–water partition coefficient (Wildman–Crippen LogP) is 2.96. The van der Waals surface area contributed by atoms with Crippen LogP contribution in [0.5, 0.6) is 0 Å². The molecule has 1 aliphatic rings. The van der Waals surface area contributed by atoms with Crippen LogP contribution in [0, 0.1) is 0 Å². The fourth-order valence-electron chi connectivity index (χ4n) is 2.47. The first kappa shape index (κ1) is 13.8. The van der Waals surface area contributed by atoms with Crippen LogP contribution in [0.25, 0.3) is 0 Å². The largest absolute Gasteiger partial charge is 0.381 e. The lowest BCUT2D eigenvalue weighted by molar-refractivity contribution is 0.0943. The zero-order valence-electron chi connectivity index (χ0n) is 11.8. The van der Waals surface area contributed by atoms with Gasteiger partial charge in [-0.25, -0.2) is 0 Å². The van der Waals surface area contributed by atoms with Crippen molar-refractivity contribution < 1.29 is 4.79 Å². The molecule has 19 heavy (non-hydrogen) atoms. The van der Waals surface area contributed by atoms with E-state index in [4.69, 9.17) is 0 Å². The number of carbonyl (C=O) groups excluding carboxylic acids is 1. The van der Waals surface area contributed by atoms with E-state index >= 15 is 0 Å². The van der Waals surface area contributed by atoms with Crippen LogP contribution >= 0.6 is 0 Å². The van der Waals surface area contributed by atoms with Crippen molar-refractivity contribution in [2.75, 3.05) is 5.32 Å². The van der Waals surface area contributed by atoms with Crippen molar-refractivity contribution in [2.45, 2.75) is 58.0 Å². The first-order valence-corrected chi connectivity index (χ1v) is 7.17. The molecule has 1 aromatic heterocycles. The molecule has 0 saturated heterocycles. The van der Waals surface area contributed by atoms with Gasteiger partial charge in [0.05, 0.1) is 11.3 Å². The van der Waals surface area contributed by atoms with Crippen LogP contribution in [-0.2, 0) is 0 Å². The first-order valence-electron chi connectivity index (χ1n) is 7.17. The Morgan fingerprint density at radius 3 is 2.68 bits per heavy atom. The smallest absolute Gasteiger partial charge is 0.253 e. The summed E-state index contributed by atoms with van der Waals surface area (Å²) in [5.74, 6) is -0.0604. The number of nitrogens with one attached hydrogen (secondary N) is 2. The van der Waals surface area contributed by atoms with Crippen LogP contribution in [0.15, 0.2) is 18.5 Å². The Bertz CT molecular complexity index is 425. The summed E-state index contributed by atoms with van der Waals surface area (Å²) < 4.78 is 0. The molecular formula is C15H23N3O. The zero-order chi connectivity index (χ0) is 13.7. The average Bonchev–Trinajstić information content (AvgIpc) is 2.39. The highest BCUT2D eigenvalue weighted by Crippen LogP contribution is 2.21. The van der Waals surface area contributed by atoms with Gasteiger partial charge in [0.25, 0.3) is 5.91 Å². The van der Waals surface area contributed by atoms with Crippen LogP contribution in [0.1, 0.15) is 56.3 Å². The second kappa shape index (κ2) is 6.55. The summed E-state index contributed by atoms with van der Waals surface area (Å²) in [6.45, 7) is 3.91. The van der Waals surface area contributed by atoms with Gasteiger partial charge in [-0.3, -0.25) is 9.78 Å². The normalized spacial score (nSPS) is 16.4. The molecule has 1 heterocycles. The van der Waals surface area contributed by atoms with Gasteiger partial charge >= 0.3 is 0 Å². The Balaban J connectivity index is 1.99. The molecule has 0 unspecified atom stereocenters. The van der Waals surface area contributed by atoms with E-state index in [9.17, 15) is 4.79 Å². The van der Waals surface area contributed by atoms with Crippen molar-refractivity contribution in [1.29, 1.82) is 0 Å². The van der Waals surface area contributed by atoms with Gasteiger partial charge in [0.2, 0.25) is 0 Å². The Labute approximate surface area is 115 Å². The van der Waals surface area contributed by atoms with Gasteiger partial charge < -0.3 is 10.6 Å². The number of rotatable bonds is 4. The van der Waals surface area contributed by atoms with E-state index in [0.29, 0.717) is 11.6 Å². The minimum absolute atomic E-state index is 0.0604. The Hall–Kier alpha value is -1.58. The van der Waals surface area contributed by atoms with Gasteiger partial charge in [-0.1, -0.05) is 19.3 Å². The third-order valence-electron chi connectivity index (χ3n) is 3.40. The van der Waals surface area contributed by atoms with Crippen molar-refractivity contribution in [3.63, 3.8) is 0 Å².